The fraction of sp³-hybridized carbons (Fsp3) is 1.00. The molecule has 3 fully saturated rings. The predicted molar refractivity (Wildman–Crippen MR) is 104 cm³/mol. The van der Waals surface area contributed by atoms with E-state index in [1.807, 2.05) is 0 Å². The van der Waals surface area contributed by atoms with Crippen LogP contribution in [0.2, 0.25) is 0 Å². The van der Waals surface area contributed by atoms with Crippen LogP contribution in [0.1, 0.15) is 38.5 Å². The molecule has 3 saturated carbocycles. The number of hydrogen-bond acceptors (Lipinski definition) is 0. The summed E-state index contributed by atoms with van der Waals surface area (Å²) in [5, 5.41) is 0. The Balaban J connectivity index is 2.33. The monoisotopic (exact) mass is 696 g/mol. The van der Waals surface area contributed by atoms with Crippen LogP contribution in [-0.4, -0.2) is 43.2 Å². The third-order valence-corrected chi connectivity index (χ3v) is 9.73. The van der Waals surface area contributed by atoms with E-state index in [1.165, 1.54) is 0 Å². The quantitative estimate of drug-likeness (QED) is 0.258. The van der Waals surface area contributed by atoms with Gasteiger partial charge in [-0.25, -0.2) is 0 Å². The Labute approximate surface area is 233 Å². The van der Waals surface area contributed by atoms with Crippen LogP contribution in [0, 0.1) is 58.7 Å². The highest BCUT2D eigenvalue weighted by molar-refractivity contribution is 5.13. The Hall–Kier alpha value is -1.47. The molecule has 0 bridgehead atoms. The molecule has 0 amide bonds. The maximum Gasteiger partial charge on any atom is 0.395 e. The van der Waals surface area contributed by atoms with Gasteiger partial charge in [-0.1, -0.05) is 0 Å². The van der Waals surface area contributed by atoms with Crippen LogP contribution in [0.3, 0.4) is 0 Å². The van der Waals surface area contributed by atoms with Crippen LogP contribution in [0.5, 0.6) is 0 Å². The molecule has 0 aromatic carbocycles. The minimum absolute atomic E-state index is 2.25. The average molecular weight is 696 g/mol. The molecule has 0 aliphatic heterocycles. The molecule has 0 spiro atoms. The van der Waals surface area contributed by atoms with Crippen molar-refractivity contribution in [2.75, 3.05) is 0 Å². The summed E-state index contributed by atoms with van der Waals surface area (Å²) in [6.45, 7) is 0. The van der Waals surface area contributed by atoms with Crippen LogP contribution in [0.25, 0.3) is 0 Å². The van der Waals surface area contributed by atoms with Gasteiger partial charge in [0.05, 0.1) is 40.9 Å². The summed E-state index contributed by atoms with van der Waals surface area (Å²) in [6, 6.07) is 0. The summed E-state index contributed by atoms with van der Waals surface area (Å²) in [4.78, 5) is 0. The summed E-state index contributed by atoms with van der Waals surface area (Å²) in [7, 11) is 0. The highest BCUT2D eigenvalue weighted by Gasteiger charge is 2.77. The fourth-order valence-electron chi connectivity index (χ4n) is 8.15. The molecule has 21 heteroatoms. The molecule has 3 aliphatic rings. The van der Waals surface area contributed by atoms with Crippen molar-refractivity contribution in [2.45, 2.75) is 81.8 Å². The SMILES string of the molecule is FC(F)(F)C1CC(C(C2CC(C(F)(F)F)C(C(F)(F)F)C2)(C2CC(C(F)(F)F)C(C(F)(F)F)C2)C(F)(F)F)CC1C(F)(F)F. The fourth-order valence-corrected chi connectivity index (χ4v) is 8.15. The van der Waals surface area contributed by atoms with E-state index in [9.17, 15) is 79.0 Å². The first kappa shape index (κ1) is 37.0. The molecule has 0 aromatic rings. The smallest absolute Gasteiger partial charge is 0.171 e. The van der Waals surface area contributed by atoms with Gasteiger partial charge in [0.15, 0.2) is 0 Å². The largest absolute Gasteiger partial charge is 0.395 e. The van der Waals surface area contributed by atoms with E-state index in [4.69, 9.17) is 0 Å². The van der Waals surface area contributed by atoms with E-state index in [2.05, 4.69) is 0 Å². The number of alkyl halides is 21. The molecule has 6 unspecified atom stereocenters. The van der Waals surface area contributed by atoms with Crippen molar-refractivity contribution < 1.29 is 92.2 Å². The topological polar surface area (TPSA) is 0 Å². The van der Waals surface area contributed by atoms with E-state index in [0.29, 0.717) is 0 Å². The Kier molecular flexibility index (Phi) is 9.07. The van der Waals surface area contributed by atoms with Gasteiger partial charge in [0.1, 0.15) is 0 Å². The molecule has 0 N–H and O–H groups in total. The third kappa shape index (κ3) is 6.66. The van der Waals surface area contributed by atoms with Crippen molar-refractivity contribution in [3.8, 4) is 0 Å². The van der Waals surface area contributed by atoms with Gasteiger partial charge in [-0.15, -0.1) is 0 Å². The van der Waals surface area contributed by atoms with E-state index < -0.39 is 140 Å². The van der Waals surface area contributed by atoms with Gasteiger partial charge in [-0.3, -0.25) is 0 Å². The second-order valence-corrected chi connectivity index (χ2v) is 11.8. The Morgan fingerprint density at radius 2 is 0.386 bits per heavy atom. The molecule has 3 aliphatic carbocycles. The summed E-state index contributed by atoms with van der Waals surface area (Å²) >= 11 is 0. The average Bonchev–Trinajstić information content (AvgIpc) is 3.48. The summed E-state index contributed by atoms with van der Waals surface area (Å²) in [6.07, 6.45) is -55.7. The molecular weight excluding hydrogens is 675 g/mol. The molecule has 3 rings (SSSR count). The van der Waals surface area contributed by atoms with E-state index >= 15 is 13.2 Å². The predicted octanol–water partition coefficient (Wildman–Crippen LogP) is 10.8. The van der Waals surface area contributed by atoms with Crippen molar-refractivity contribution in [1.82, 2.24) is 0 Å². The molecular formula is C23H21F21. The first-order chi connectivity index (χ1) is 19.2. The van der Waals surface area contributed by atoms with Gasteiger partial charge in [-0.2, -0.15) is 92.2 Å². The molecule has 0 aromatic heterocycles. The lowest BCUT2D eigenvalue weighted by Crippen LogP contribution is -2.54. The Morgan fingerprint density at radius 3 is 0.477 bits per heavy atom. The standard InChI is InChI=1S/C23H21F21/c24-17(25,26)10-1-7(2-11(10)18(27,28)29)16(23(42,43)44,8-3-12(19(30,31)32)13(4-8)20(33,34)35)9-5-14(21(36,37)38)15(6-9)22(39,40)41/h7-15H,1-6H2. The molecule has 0 heterocycles. The van der Waals surface area contributed by atoms with Crippen molar-refractivity contribution in [2.24, 2.45) is 58.7 Å². The van der Waals surface area contributed by atoms with E-state index in [1.54, 1.807) is 0 Å². The first-order valence-corrected chi connectivity index (χ1v) is 12.7. The van der Waals surface area contributed by atoms with Gasteiger partial charge < -0.3 is 0 Å². The lowest BCUT2D eigenvalue weighted by molar-refractivity contribution is -0.290. The highest BCUT2D eigenvalue weighted by atomic mass is 19.4. The normalized spacial score (nSPS) is 36.6. The number of halogens is 21. The lowest BCUT2D eigenvalue weighted by atomic mass is 9.56. The van der Waals surface area contributed by atoms with Crippen LogP contribution < -0.4 is 0 Å². The van der Waals surface area contributed by atoms with Gasteiger partial charge in [-0.05, 0) is 56.3 Å². The van der Waals surface area contributed by atoms with Crippen LogP contribution >= 0.6 is 0 Å². The Morgan fingerprint density at radius 1 is 0.250 bits per heavy atom. The number of hydrogen-bond donors (Lipinski definition) is 0. The van der Waals surface area contributed by atoms with Crippen molar-refractivity contribution in [3.63, 3.8) is 0 Å². The minimum atomic E-state index is -6.43. The molecule has 260 valence electrons. The third-order valence-electron chi connectivity index (χ3n) is 9.73. The highest BCUT2D eigenvalue weighted by Crippen LogP contribution is 2.72. The number of rotatable bonds is 3. The van der Waals surface area contributed by atoms with Gasteiger partial charge >= 0.3 is 43.2 Å². The Bertz CT molecular complexity index is 820. The second kappa shape index (κ2) is 10.8. The van der Waals surface area contributed by atoms with Crippen molar-refractivity contribution >= 4 is 0 Å². The zero-order valence-corrected chi connectivity index (χ0v) is 21.4. The molecule has 0 saturated heterocycles. The maximum absolute atomic E-state index is 15.2. The van der Waals surface area contributed by atoms with Crippen molar-refractivity contribution in [3.05, 3.63) is 0 Å². The molecule has 44 heavy (non-hydrogen) atoms. The molecule has 0 radical (unpaired) electrons. The van der Waals surface area contributed by atoms with E-state index in [0.717, 1.165) is 0 Å². The molecule has 6 atom stereocenters. The van der Waals surface area contributed by atoms with E-state index in [-0.39, 0.29) is 0 Å². The van der Waals surface area contributed by atoms with Gasteiger partial charge in [0, 0.05) is 0 Å². The molecule has 0 nitrogen and oxygen atoms in total. The lowest BCUT2D eigenvalue weighted by Gasteiger charge is -2.50. The second-order valence-electron chi connectivity index (χ2n) is 11.8. The van der Waals surface area contributed by atoms with Gasteiger partial charge in [0.25, 0.3) is 0 Å². The van der Waals surface area contributed by atoms with Crippen LogP contribution in [-0.2, 0) is 0 Å². The van der Waals surface area contributed by atoms with Crippen LogP contribution in [0.15, 0.2) is 0 Å². The summed E-state index contributed by atoms with van der Waals surface area (Å²) in [5.74, 6) is -32.0. The zero-order valence-electron chi connectivity index (χ0n) is 21.4. The summed E-state index contributed by atoms with van der Waals surface area (Å²) in [5.41, 5.74) is -4.64. The maximum atomic E-state index is 15.2. The van der Waals surface area contributed by atoms with Crippen LogP contribution in [0.4, 0.5) is 92.2 Å². The first-order valence-electron chi connectivity index (χ1n) is 12.7. The zero-order chi connectivity index (χ0) is 34.4. The van der Waals surface area contributed by atoms with Crippen molar-refractivity contribution in [1.29, 1.82) is 0 Å². The minimum Gasteiger partial charge on any atom is -0.171 e. The summed E-state index contributed by atoms with van der Waals surface area (Å²) < 4.78 is 291. The van der Waals surface area contributed by atoms with Gasteiger partial charge in [0.2, 0.25) is 0 Å².